The Morgan fingerprint density at radius 2 is 2.30 bits per heavy atom. The van der Waals surface area contributed by atoms with Crippen LogP contribution >= 0.6 is 0 Å². The second-order valence-corrected chi connectivity index (χ2v) is 4.45. The highest BCUT2D eigenvalue weighted by Gasteiger charge is 2.15. The van der Waals surface area contributed by atoms with Crippen molar-refractivity contribution in [3.05, 3.63) is 51.8 Å². The summed E-state index contributed by atoms with van der Waals surface area (Å²) in [4.78, 5) is 25.7. The summed E-state index contributed by atoms with van der Waals surface area (Å²) in [6.45, 7) is 1.98. The van der Waals surface area contributed by atoms with Crippen LogP contribution in [0.25, 0.3) is 11.0 Å². The second-order valence-electron chi connectivity index (χ2n) is 4.45. The average Bonchev–Trinajstić information content (AvgIpc) is 2.94. The molecule has 3 rings (SSSR count). The third-order valence-corrected chi connectivity index (χ3v) is 3.04. The van der Waals surface area contributed by atoms with Crippen LogP contribution in [0.1, 0.15) is 21.8 Å². The van der Waals surface area contributed by atoms with Crippen LogP contribution in [0.4, 0.5) is 0 Å². The van der Waals surface area contributed by atoms with Crippen LogP contribution in [0.3, 0.4) is 0 Å². The quantitative estimate of drug-likeness (QED) is 0.750. The number of benzene rings is 1. The molecule has 2 aromatic heterocycles. The summed E-state index contributed by atoms with van der Waals surface area (Å²) in [5.41, 5.74) is 1.12. The molecule has 0 atom stereocenters. The molecule has 0 aliphatic rings. The summed E-state index contributed by atoms with van der Waals surface area (Å²) in [5.74, 6) is -0.430. The van der Waals surface area contributed by atoms with Gasteiger partial charge in [0, 0.05) is 6.07 Å². The van der Waals surface area contributed by atoms with E-state index in [4.69, 9.17) is 9.63 Å². The number of carboxylic acids is 1. The van der Waals surface area contributed by atoms with Gasteiger partial charge < -0.3 is 14.6 Å². The first kappa shape index (κ1) is 12.2. The van der Waals surface area contributed by atoms with Gasteiger partial charge in [-0.2, -0.15) is 0 Å². The van der Waals surface area contributed by atoms with Crippen LogP contribution in [-0.4, -0.2) is 25.8 Å². The molecule has 0 saturated carbocycles. The van der Waals surface area contributed by atoms with E-state index in [1.54, 1.807) is 25.1 Å². The Bertz CT molecular complexity index is 856. The van der Waals surface area contributed by atoms with Gasteiger partial charge in [-0.25, -0.2) is 9.59 Å². The summed E-state index contributed by atoms with van der Waals surface area (Å²) in [6.07, 6.45) is 0. The van der Waals surface area contributed by atoms with Crippen LogP contribution in [0.15, 0.2) is 33.6 Å². The Kier molecular flexibility index (Phi) is 2.67. The van der Waals surface area contributed by atoms with Crippen molar-refractivity contribution in [1.29, 1.82) is 0 Å². The zero-order chi connectivity index (χ0) is 14.3. The first-order valence-corrected chi connectivity index (χ1v) is 5.93. The lowest BCUT2D eigenvalue weighted by Crippen LogP contribution is -2.17. The number of aromatic carboxylic acids is 1. The maximum Gasteiger partial charge on any atom is 0.337 e. The summed E-state index contributed by atoms with van der Waals surface area (Å²) in [7, 11) is 0. The van der Waals surface area contributed by atoms with Crippen molar-refractivity contribution >= 4 is 17.0 Å². The van der Waals surface area contributed by atoms with Gasteiger partial charge in [0.2, 0.25) is 0 Å². The largest absolute Gasteiger partial charge is 0.478 e. The van der Waals surface area contributed by atoms with E-state index in [-0.39, 0.29) is 17.8 Å². The van der Waals surface area contributed by atoms with E-state index in [1.165, 1.54) is 10.6 Å². The minimum atomic E-state index is -1.08. The van der Waals surface area contributed by atoms with Crippen molar-refractivity contribution in [2.45, 2.75) is 13.5 Å². The fourth-order valence-electron chi connectivity index (χ4n) is 2.17. The standard InChI is InChI=1S/C13H11N3O4/c1-7-5-8(15-20-7)6-16-10-4-2-3-9(12(17)18)11(10)14-13(16)19/h2-5H,6H2,1H3,(H,14,19)(H,17,18). The molecule has 2 N–H and O–H groups in total. The van der Waals surface area contributed by atoms with E-state index in [2.05, 4.69) is 10.1 Å². The third kappa shape index (κ3) is 1.89. The van der Waals surface area contributed by atoms with Crippen molar-refractivity contribution in [1.82, 2.24) is 14.7 Å². The number of aromatic amines is 1. The molecule has 0 unspecified atom stereocenters. The highest BCUT2D eigenvalue weighted by Crippen LogP contribution is 2.16. The Hall–Kier alpha value is -2.83. The van der Waals surface area contributed by atoms with Crippen molar-refractivity contribution in [2.24, 2.45) is 0 Å². The fourth-order valence-corrected chi connectivity index (χ4v) is 2.17. The van der Waals surface area contributed by atoms with Crippen molar-refractivity contribution in [3.63, 3.8) is 0 Å². The highest BCUT2D eigenvalue weighted by molar-refractivity contribution is 6.00. The van der Waals surface area contributed by atoms with Crippen molar-refractivity contribution in [2.75, 3.05) is 0 Å². The number of rotatable bonds is 3. The van der Waals surface area contributed by atoms with Gasteiger partial charge in [-0.1, -0.05) is 11.2 Å². The van der Waals surface area contributed by atoms with E-state index >= 15 is 0 Å². The molecule has 1 aromatic carbocycles. The number of aromatic nitrogens is 3. The minimum absolute atomic E-state index is 0.0645. The van der Waals surface area contributed by atoms with Crippen LogP contribution < -0.4 is 5.69 Å². The van der Waals surface area contributed by atoms with Crippen molar-refractivity contribution in [3.8, 4) is 0 Å². The van der Waals surface area contributed by atoms with Gasteiger partial charge >= 0.3 is 11.7 Å². The molecule has 0 aliphatic carbocycles. The first-order valence-electron chi connectivity index (χ1n) is 5.93. The minimum Gasteiger partial charge on any atom is -0.478 e. The van der Waals surface area contributed by atoms with E-state index < -0.39 is 5.97 Å². The van der Waals surface area contributed by atoms with Gasteiger partial charge in [0.25, 0.3) is 0 Å². The molecule has 7 nitrogen and oxygen atoms in total. The molecule has 0 bridgehead atoms. The number of aryl methyl sites for hydroxylation is 1. The SMILES string of the molecule is Cc1cc(Cn2c(=O)[nH]c3c(C(=O)O)cccc32)no1. The number of fused-ring (bicyclic) bond motifs is 1. The second kappa shape index (κ2) is 4.37. The van der Waals surface area contributed by atoms with Crippen LogP contribution in [0, 0.1) is 6.92 Å². The topological polar surface area (TPSA) is 101 Å². The molecule has 102 valence electrons. The number of carbonyl (C=O) groups is 1. The normalized spacial score (nSPS) is 11.1. The average molecular weight is 273 g/mol. The van der Waals surface area contributed by atoms with Gasteiger partial charge in [0.1, 0.15) is 11.5 Å². The molecule has 7 heteroatoms. The molecule has 0 radical (unpaired) electrons. The van der Waals surface area contributed by atoms with E-state index in [9.17, 15) is 9.59 Å². The number of carboxylic acid groups (broad SMARTS) is 1. The number of nitrogens with one attached hydrogen (secondary N) is 1. The lowest BCUT2D eigenvalue weighted by molar-refractivity contribution is 0.0699. The Balaban J connectivity index is 2.16. The van der Waals surface area contributed by atoms with Gasteiger partial charge in [-0.05, 0) is 19.1 Å². The van der Waals surface area contributed by atoms with Gasteiger partial charge in [0.15, 0.2) is 0 Å². The number of imidazole rings is 1. The molecule has 0 aliphatic heterocycles. The summed E-state index contributed by atoms with van der Waals surface area (Å²) in [5, 5.41) is 12.9. The van der Waals surface area contributed by atoms with E-state index in [0.717, 1.165) is 0 Å². The van der Waals surface area contributed by atoms with Gasteiger partial charge in [-0.3, -0.25) is 4.57 Å². The molecule has 20 heavy (non-hydrogen) atoms. The lowest BCUT2D eigenvalue weighted by atomic mass is 10.2. The molecule has 0 saturated heterocycles. The zero-order valence-corrected chi connectivity index (χ0v) is 10.6. The molecule has 3 aromatic rings. The fraction of sp³-hybridized carbons (Fsp3) is 0.154. The van der Waals surface area contributed by atoms with E-state index in [1.807, 2.05) is 0 Å². The molecule has 0 spiro atoms. The zero-order valence-electron chi connectivity index (χ0n) is 10.6. The van der Waals surface area contributed by atoms with Gasteiger partial charge in [0.05, 0.1) is 23.1 Å². The van der Waals surface area contributed by atoms with Gasteiger partial charge in [-0.15, -0.1) is 0 Å². The Morgan fingerprint density at radius 3 is 2.95 bits per heavy atom. The van der Waals surface area contributed by atoms with Crippen LogP contribution in [0.5, 0.6) is 0 Å². The highest BCUT2D eigenvalue weighted by atomic mass is 16.5. The van der Waals surface area contributed by atoms with Crippen LogP contribution in [0.2, 0.25) is 0 Å². The third-order valence-electron chi connectivity index (χ3n) is 3.04. The predicted octanol–water partition coefficient (Wildman–Crippen LogP) is 1.37. The molecular formula is C13H11N3O4. The number of H-pyrrole nitrogens is 1. The number of nitrogens with zero attached hydrogens (tertiary/aromatic N) is 2. The summed E-state index contributed by atoms with van der Waals surface area (Å²) < 4.78 is 6.39. The number of hydrogen-bond donors (Lipinski definition) is 2. The Labute approximate surface area is 112 Å². The van der Waals surface area contributed by atoms with E-state index in [0.29, 0.717) is 22.5 Å². The lowest BCUT2D eigenvalue weighted by Gasteiger charge is -2.00. The van der Waals surface area contributed by atoms with Crippen LogP contribution in [-0.2, 0) is 6.54 Å². The summed E-state index contributed by atoms with van der Waals surface area (Å²) in [6, 6.07) is 6.47. The smallest absolute Gasteiger partial charge is 0.337 e. The maximum atomic E-state index is 12.0. The molecule has 0 amide bonds. The first-order chi connectivity index (χ1) is 9.56. The monoisotopic (exact) mass is 273 g/mol. The molecule has 2 heterocycles. The Morgan fingerprint density at radius 1 is 1.50 bits per heavy atom. The maximum absolute atomic E-state index is 12.0. The van der Waals surface area contributed by atoms with Crippen molar-refractivity contribution < 1.29 is 14.4 Å². The number of para-hydroxylation sites is 1. The predicted molar refractivity (Wildman–Crippen MR) is 69.9 cm³/mol. The number of hydrogen-bond acceptors (Lipinski definition) is 4. The molecular weight excluding hydrogens is 262 g/mol. The summed E-state index contributed by atoms with van der Waals surface area (Å²) >= 11 is 0. The molecule has 0 fully saturated rings.